The quantitative estimate of drug-likeness (QED) is 0.582. The summed E-state index contributed by atoms with van der Waals surface area (Å²) in [7, 11) is 0. The topological polar surface area (TPSA) is 90.3 Å². The summed E-state index contributed by atoms with van der Waals surface area (Å²) in [6.07, 6.45) is -3.39. The number of hydrogen-bond acceptors (Lipinski definition) is 3. The maximum absolute atomic E-state index is 12.6. The number of rotatable bonds is 4. The molecule has 1 aromatic carbocycles. The van der Waals surface area contributed by atoms with Crippen molar-refractivity contribution in [1.82, 2.24) is 0 Å². The molecule has 112 valence electrons. The van der Waals surface area contributed by atoms with Crippen molar-refractivity contribution < 1.29 is 18.5 Å². The molecule has 5 N–H and O–H groups in total. The molecule has 4 nitrogen and oxygen atoms in total. The Morgan fingerprint density at radius 1 is 1.38 bits per heavy atom. The Hall–Kier alpha value is -1.75. The highest BCUT2D eigenvalue weighted by Gasteiger charge is 2.32. The molecule has 0 aromatic heterocycles. The van der Waals surface area contributed by atoms with E-state index in [2.05, 4.69) is 0 Å². The van der Waals surface area contributed by atoms with Gasteiger partial charge in [0.05, 0.1) is 11.3 Å². The SMILES string of the molecule is N#CC(=N)C=C(N)C[NH2+]c1c(Cl)cc(C(F)(F)F)cc1Cl. The second kappa shape index (κ2) is 6.80. The van der Waals surface area contributed by atoms with E-state index in [1.807, 2.05) is 0 Å². The summed E-state index contributed by atoms with van der Waals surface area (Å²) < 4.78 is 37.7. The Labute approximate surface area is 128 Å². The lowest BCUT2D eigenvalue weighted by molar-refractivity contribution is -0.563. The molecule has 0 unspecified atom stereocenters. The molecule has 0 saturated carbocycles. The van der Waals surface area contributed by atoms with Crippen LogP contribution in [0.4, 0.5) is 18.9 Å². The van der Waals surface area contributed by atoms with Crippen molar-refractivity contribution in [3.05, 3.63) is 39.5 Å². The molecule has 0 aliphatic rings. The average molecular weight is 338 g/mol. The molecule has 0 fully saturated rings. The third-order valence-corrected chi connectivity index (χ3v) is 3.02. The lowest BCUT2D eigenvalue weighted by atomic mass is 10.2. The molecule has 21 heavy (non-hydrogen) atoms. The summed E-state index contributed by atoms with van der Waals surface area (Å²) in [5.41, 5.74) is 4.70. The van der Waals surface area contributed by atoms with Gasteiger partial charge in [0.1, 0.15) is 28.4 Å². The lowest BCUT2D eigenvalue weighted by Gasteiger charge is -2.10. The number of nitrogens with zero attached hydrogens (tertiary/aromatic N) is 1. The summed E-state index contributed by atoms with van der Waals surface area (Å²) in [6.45, 7) is 0.0921. The van der Waals surface area contributed by atoms with Gasteiger partial charge < -0.3 is 11.1 Å². The summed E-state index contributed by atoms with van der Waals surface area (Å²) in [5.74, 6) is 0. The number of nitrogens with two attached hydrogens (primary N) is 2. The number of alkyl halides is 3. The molecule has 1 rings (SSSR count). The van der Waals surface area contributed by atoms with Crippen LogP contribution >= 0.6 is 23.2 Å². The van der Waals surface area contributed by atoms with E-state index in [1.165, 1.54) is 5.32 Å². The number of benzene rings is 1. The van der Waals surface area contributed by atoms with Crippen LogP contribution < -0.4 is 11.1 Å². The fourth-order valence-corrected chi connectivity index (χ4v) is 2.08. The normalized spacial score (nSPS) is 12.1. The van der Waals surface area contributed by atoms with Gasteiger partial charge in [-0.3, -0.25) is 5.41 Å². The lowest BCUT2D eigenvalue weighted by Crippen LogP contribution is -2.79. The minimum Gasteiger partial charge on any atom is -0.397 e. The van der Waals surface area contributed by atoms with E-state index in [9.17, 15) is 13.2 Å². The molecule has 0 amide bonds. The van der Waals surface area contributed by atoms with Crippen LogP contribution in [0, 0.1) is 16.7 Å². The smallest absolute Gasteiger partial charge is 0.397 e. The number of halogens is 5. The zero-order valence-corrected chi connectivity index (χ0v) is 11.9. The highest BCUT2D eigenvalue weighted by Crippen LogP contribution is 2.36. The molecule has 0 heterocycles. The Bertz CT molecular complexity index is 609. The van der Waals surface area contributed by atoms with E-state index in [-0.39, 0.29) is 33.7 Å². The summed E-state index contributed by atoms with van der Waals surface area (Å²) in [4.78, 5) is 0. The maximum atomic E-state index is 12.6. The first-order valence-corrected chi connectivity index (χ1v) is 6.25. The Morgan fingerprint density at radius 3 is 2.33 bits per heavy atom. The molecular formula is C12H10Cl2F3N4+. The van der Waals surface area contributed by atoms with Crippen molar-refractivity contribution in [3.63, 3.8) is 0 Å². The molecule has 0 radical (unpaired) electrons. The van der Waals surface area contributed by atoms with E-state index in [1.54, 1.807) is 6.07 Å². The van der Waals surface area contributed by atoms with Gasteiger partial charge in [-0.2, -0.15) is 18.4 Å². The standard InChI is InChI=1S/C12H9Cl2F3N4/c13-9-1-6(12(15,16)17)2-10(14)11(9)21-5-8(20)3-7(19)4-18/h1-3,19,21H,5,20H2/p+1. The van der Waals surface area contributed by atoms with Crippen molar-refractivity contribution in [2.24, 2.45) is 5.73 Å². The van der Waals surface area contributed by atoms with Crippen molar-refractivity contribution in [3.8, 4) is 6.07 Å². The van der Waals surface area contributed by atoms with Crippen LogP contribution in [0.1, 0.15) is 5.56 Å². The zero-order valence-electron chi connectivity index (χ0n) is 10.4. The third-order valence-electron chi connectivity index (χ3n) is 2.40. The van der Waals surface area contributed by atoms with E-state index in [0.717, 1.165) is 18.2 Å². The molecular weight excluding hydrogens is 328 g/mol. The van der Waals surface area contributed by atoms with Crippen molar-refractivity contribution in [1.29, 1.82) is 10.7 Å². The monoisotopic (exact) mass is 337 g/mol. The third kappa shape index (κ3) is 4.93. The fraction of sp³-hybridized carbons (Fsp3) is 0.167. The van der Waals surface area contributed by atoms with Gasteiger partial charge in [0.15, 0.2) is 5.69 Å². The van der Waals surface area contributed by atoms with Crippen LogP contribution in [0.25, 0.3) is 0 Å². The van der Waals surface area contributed by atoms with Gasteiger partial charge in [-0.25, -0.2) is 0 Å². The van der Waals surface area contributed by atoms with Gasteiger partial charge in [0, 0.05) is 0 Å². The minimum absolute atomic E-state index is 0.0921. The Morgan fingerprint density at radius 2 is 1.90 bits per heavy atom. The zero-order chi connectivity index (χ0) is 16.2. The molecule has 9 heteroatoms. The Kier molecular flexibility index (Phi) is 5.61. The minimum atomic E-state index is -4.54. The molecule has 0 saturated heterocycles. The summed E-state index contributed by atoms with van der Waals surface area (Å²) in [5, 5.41) is 16.7. The van der Waals surface area contributed by atoms with Gasteiger partial charge in [0.25, 0.3) is 0 Å². The number of nitriles is 1. The number of nitrogens with one attached hydrogen (secondary N) is 1. The van der Waals surface area contributed by atoms with Gasteiger partial charge >= 0.3 is 6.18 Å². The highest BCUT2D eigenvalue weighted by molar-refractivity contribution is 6.38. The van der Waals surface area contributed by atoms with Crippen molar-refractivity contribution >= 4 is 34.6 Å². The first-order chi connectivity index (χ1) is 9.65. The summed E-state index contributed by atoms with van der Waals surface area (Å²) in [6, 6.07) is 3.13. The van der Waals surface area contributed by atoms with Crippen molar-refractivity contribution in [2.45, 2.75) is 6.18 Å². The molecule has 0 bridgehead atoms. The molecule has 1 aromatic rings. The number of allylic oxidation sites excluding steroid dienone is 1. The summed E-state index contributed by atoms with van der Waals surface area (Å²) >= 11 is 11.6. The highest BCUT2D eigenvalue weighted by atomic mass is 35.5. The number of hydrogen-bond donors (Lipinski definition) is 3. The van der Waals surface area contributed by atoms with Crippen LogP contribution in [0.5, 0.6) is 0 Å². The van der Waals surface area contributed by atoms with Crippen LogP contribution in [0.2, 0.25) is 10.0 Å². The van der Waals surface area contributed by atoms with E-state index in [0.29, 0.717) is 0 Å². The van der Waals surface area contributed by atoms with Gasteiger partial charge in [-0.1, -0.05) is 23.2 Å². The Balaban J connectivity index is 2.94. The van der Waals surface area contributed by atoms with Crippen LogP contribution in [0.15, 0.2) is 23.9 Å². The van der Waals surface area contributed by atoms with Gasteiger partial charge in [0.2, 0.25) is 0 Å². The van der Waals surface area contributed by atoms with Crippen LogP contribution in [-0.4, -0.2) is 12.3 Å². The first kappa shape index (κ1) is 17.3. The fourth-order valence-electron chi connectivity index (χ4n) is 1.44. The predicted molar refractivity (Wildman–Crippen MR) is 73.5 cm³/mol. The van der Waals surface area contributed by atoms with Crippen LogP contribution in [0.3, 0.4) is 0 Å². The molecule has 0 atom stereocenters. The van der Waals surface area contributed by atoms with E-state index >= 15 is 0 Å². The maximum Gasteiger partial charge on any atom is 0.416 e. The van der Waals surface area contributed by atoms with E-state index in [4.69, 9.17) is 39.6 Å². The van der Waals surface area contributed by atoms with E-state index < -0.39 is 11.7 Å². The molecule has 0 spiro atoms. The predicted octanol–water partition coefficient (Wildman–Crippen LogP) is 2.59. The average Bonchev–Trinajstić information content (AvgIpc) is 2.36. The first-order valence-electron chi connectivity index (χ1n) is 5.49. The van der Waals surface area contributed by atoms with Gasteiger partial charge in [-0.05, 0) is 18.2 Å². The molecule has 0 aliphatic heterocycles. The van der Waals surface area contributed by atoms with Crippen molar-refractivity contribution in [2.75, 3.05) is 6.54 Å². The van der Waals surface area contributed by atoms with Gasteiger partial charge in [-0.15, -0.1) is 0 Å². The van der Waals surface area contributed by atoms with Crippen LogP contribution in [-0.2, 0) is 6.18 Å². The second-order valence-corrected chi connectivity index (χ2v) is 4.82. The largest absolute Gasteiger partial charge is 0.416 e. The molecule has 0 aliphatic carbocycles. The second-order valence-electron chi connectivity index (χ2n) is 4.00. The number of quaternary nitrogens is 1.